The van der Waals surface area contributed by atoms with E-state index in [1.807, 2.05) is 6.07 Å². The highest BCUT2D eigenvalue weighted by atomic mass is 16.6. The molecule has 0 aliphatic rings. The number of amides is 1. The largest absolute Gasteiger partial charge is 0.388 e. The van der Waals surface area contributed by atoms with Gasteiger partial charge in [0.25, 0.3) is 5.91 Å². The maximum atomic E-state index is 11.1. The van der Waals surface area contributed by atoms with E-state index in [2.05, 4.69) is 16.9 Å². The molecule has 1 N–H and O–H groups in total. The average molecular weight is 163 g/mol. The van der Waals surface area contributed by atoms with Gasteiger partial charge in [-0.25, -0.2) is 0 Å². The van der Waals surface area contributed by atoms with E-state index in [1.54, 1.807) is 24.3 Å². The third kappa shape index (κ3) is 2.12. The van der Waals surface area contributed by atoms with E-state index in [9.17, 15) is 4.79 Å². The molecule has 0 saturated carbocycles. The predicted octanol–water partition coefficient (Wildman–Crippen LogP) is 1.49. The SMILES string of the molecule is C=CONC(=O)c1ccccc1. The average Bonchev–Trinajstić information content (AvgIpc) is 2.15. The quantitative estimate of drug-likeness (QED) is 0.541. The predicted molar refractivity (Wildman–Crippen MR) is 45.2 cm³/mol. The summed E-state index contributed by atoms with van der Waals surface area (Å²) in [6.45, 7) is 3.29. The summed E-state index contributed by atoms with van der Waals surface area (Å²) in [5.41, 5.74) is 2.75. The molecule has 0 bridgehead atoms. The van der Waals surface area contributed by atoms with Crippen LogP contribution < -0.4 is 5.48 Å². The first-order valence-electron chi connectivity index (χ1n) is 3.46. The van der Waals surface area contributed by atoms with Crippen LogP contribution in [0.1, 0.15) is 10.4 Å². The Bertz CT molecular complexity index is 269. The lowest BCUT2D eigenvalue weighted by molar-refractivity contribution is 0.0657. The fourth-order valence-electron chi connectivity index (χ4n) is 0.744. The van der Waals surface area contributed by atoms with Crippen LogP contribution in [0.2, 0.25) is 0 Å². The molecule has 0 atom stereocenters. The molecule has 12 heavy (non-hydrogen) atoms. The van der Waals surface area contributed by atoms with Gasteiger partial charge in [0.05, 0.1) is 0 Å². The summed E-state index contributed by atoms with van der Waals surface area (Å²) in [4.78, 5) is 15.6. The van der Waals surface area contributed by atoms with E-state index < -0.39 is 0 Å². The first-order chi connectivity index (χ1) is 5.84. The van der Waals surface area contributed by atoms with Gasteiger partial charge in [0.1, 0.15) is 6.26 Å². The summed E-state index contributed by atoms with van der Waals surface area (Å²) < 4.78 is 0. The second-order valence-electron chi connectivity index (χ2n) is 2.08. The molecule has 1 amide bonds. The van der Waals surface area contributed by atoms with Crippen LogP contribution >= 0.6 is 0 Å². The molecule has 0 aliphatic heterocycles. The van der Waals surface area contributed by atoms with Crippen LogP contribution in [-0.4, -0.2) is 5.91 Å². The topological polar surface area (TPSA) is 38.3 Å². The maximum absolute atomic E-state index is 11.1. The van der Waals surface area contributed by atoms with E-state index in [4.69, 9.17) is 0 Å². The Morgan fingerprint density at radius 1 is 1.42 bits per heavy atom. The van der Waals surface area contributed by atoms with Gasteiger partial charge in [-0.1, -0.05) is 24.8 Å². The number of rotatable bonds is 3. The van der Waals surface area contributed by atoms with Crippen molar-refractivity contribution in [2.45, 2.75) is 0 Å². The molecular formula is C9H9NO2. The third-order valence-electron chi connectivity index (χ3n) is 1.27. The van der Waals surface area contributed by atoms with Crippen LogP contribution in [0.5, 0.6) is 0 Å². The minimum atomic E-state index is -0.282. The molecule has 0 heterocycles. The molecule has 0 fully saturated rings. The number of carbonyl (C=O) groups is 1. The summed E-state index contributed by atoms with van der Waals surface area (Å²) in [5, 5.41) is 0. The van der Waals surface area contributed by atoms with Gasteiger partial charge in [-0.2, -0.15) is 5.48 Å². The van der Waals surface area contributed by atoms with Crippen molar-refractivity contribution in [3.63, 3.8) is 0 Å². The van der Waals surface area contributed by atoms with Crippen LogP contribution in [0, 0.1) is 0 Å². The standard InChI is InChI=1S/C9H9NO2/c1-2-12-10-9(11)8-6-4-3-5-7-8/h2-7H,1H2,(H,10,11). The van der Waals surface area contributed by atoms with Crippen LogP contribution in [0.25, 0.3) is 0 Å². The van der Waals surface area contributed by atoms with E-state index >= 15 is 0 Å². The highest BCUT2D eigenvalue weighted by Gasteiger charge is 2.01. The summed E-state index contributed by atoms with van der Waals surface area (Å²) in [7, 11) is 0. The van der Waals surface area contributed by atoms with Crippen molar-refractivity contribution in [2.75, 3.05) is 0 Å². The molecule has 0 aliphatic carbocycles. The van der Waals surface area contributed by atoms with Gasteiger partial charge < -0.3 is 4.84 Å². The van der Waals surface area contributed by atoms with Crippen molar-refractivity contribution in [2.24, 2.45) is 0 Å². The van der Waals surface area contributed by atoms with Gasteiger partial charge in [-0.3, -0.25) is 4.79 Å². The molecule has 1 rings (SSSR count). The monoisotopic (exact) mass is 163 g/mol. The zero-order valence-corrected chi connectivity index (χ0v) is 6.49. The Morgan fingerprint density at radius 3 is 2.67 bits per heavy atom. The fraction of sp³-hybridized carbons (Fsp3) is 0. The Hall–Kier alpha value is -1.77. The van der Waals surface area contributed by atoms with Crippen LogP contribution in [-0.2, 0) is 4.84 Å². The number of carbonyl (C=O) groups excluding carboxylic acids is 1. The normalized spacial score (nSPS) is 8.67. The van der Waals surface area contributed by atoms with Crippen molar-refractivity contribution in [3.05, 3.63) is 48.7 Å². The molecule has 0 unspecified atom stereocenters. The Morgan fingerprint density at radius 2 is 2.08 bits per heavy atom. The molecule has 0 radical (unpaired) electrons. The van der Waals surface area contributed by atoms with Gasteiger partial charge in [-0.15, -0.1) is 0 Å². The third-order valence-corrected chi connectivity index (χ3v) is 1.27. The minimum Gasteiger partial charge on any atom is -0.388 e. The number of hydrogen-bond donors (Lipinski definition) is 1. The highest BCUT2D eigenvalue weighted by molar-refractivity contribution is 5.93. The smallest absolute Gasteiger partial charge is 0.283 e. The first kappa shape index (κ1) is 8.33. The molecular weight excluding hydrogens is 154 g/mol. The molecule has 3 heteroatoms. The Balaban J connectivity index is 2.59. The van der Waals surface area contributed by atoms with E-state index in [1.165, 1.54) is 0 Å². The van der Waals surface area contributed by atoms with Crippen LogP contribution in [0.15, 0.2) is 43.2 Å². The lowest BCUT2D eigenvalue weighted by Crippen LogP contribution is -2.20. The molecule has 1 aromatic rings. The van der Waals surface area contributed by atoms with E-state index in [-0.39, 0.29) is 5.91 Å². The summed E-state index contributed by atoms with van der Waals surface area (Å²) >= 11 is 0. The second-order valence-corrected chi connectivity index (χ2v) is 2.08. The van der Waals surface area contributed by atoms with Crippen LogP contribution in [0.4, 0.5) is 0 Å². The van der Waals surface area contributed by atoms with Gasteiger partial charge in [0, 0.05) is 5.56 Å². The maximum Gasteiger partial charge on any atom is 0.283 e. The van der Waals surface area contributed by atoms with Crippen molar-refractivity contribution in [1.29, 1.82) is 0 Å². The number of nitrogens with one attached hydrogen (secondary N) is 1. The van der Waals surface area contributed by atoms with Gasteiger partial charge in [0.2, 0.25) is 0 Å². The van der Waals surface area contributed by atoms with Crippen molar-refractivity contribution >= 4 is 5.91 Å². The molecule has 1 aromatic carbocycles. The first-order valence-corrected chi connectivity index (χ1v) is 3.46. The molecule has 62 valence electrons. The fourth-order valence-corrected chi connectivity index (χ4v) is 0.744. The minimum absolute atomic E-state index is 0.282. The van der Waals surface area contributed by atoms with Crippen molar-refractivity contribution in [3.8, 4) is 0 Å². The van der Waals surface area contributed by atoms with Crippen molar-refractivity contribution in [1.82, 2.24) is 5.48 Å². The second kappa shape index (κ2) is 4.18. The van der Waals surface area contributed by atoms with Gasteiger partial charge in [-0.05, 0) is 12.1 Å². The van der Waals surface area contributed by atoms with Crippen molar-refractivity contribution < 1.29 is 9.63 Å². The Labute approximate surface area is 70.6 Å². The number of hydrogen-bond acceptors (Lipinski definition) is 2. The zero-order chi connectivity index (χ0) is 8.81. The summed E-state index contributed by atoms with van der Waals surface area (Å²) in [5.74, 6) is -0.282. The summed E-state index contributed by atoms with van der Waals surface area (Å²) in [6, 6.07) is 8.79. The number of benzene rings is 1. The summed E-state index contributed by atoms with van der Waals surface area (Å²) in [6.07, 6.45) is 1.15. The van der Waals surface area contributed by atoms with Gasteiger partial charge in [0.15, 0.2) is 0 Å². The molecule has 0 saturated heterocycles. The van der Waals surface area contributed by atoms with Gasteiger partial charge >= 0.3 is 0 Å². The Kier molecular flexibility index (Phi) is 2.90. The lowest BCUT2D eigenvalue weighted by Gasteiger charge is -2.01. The van der Waals surface area contributed by atoms with E-state index in [0.29, 0.717) is 5.56 Å². The molecule has 3 nitrogen and oxygen atoms in total. The lowest BCUT2D eigenvalue weighted by atomic mass is 10.2. The van der Waals surface area contributed by atoms with Crippen LogP contribution in [0.3, 0.4) is 0 Å². The number of hydroxylamine groups is 1. The molecule has 0 aromatic heterocycles. The highest BCUT2D eigenvalue weighted by Crippen LogP contribution is 1.97. The van der Waals surface area contributed by atoms with E-state index in [0.717, 1.165) is 6.26 Å². The molecule has 0 spiro atoms. The zero-order valence-electron chi connectivity index (χ0n) is 6.49.